The maximum atomic E-state index is 12.7. The lowest BCUT2D eigenvalue weighted by Crippen LogP contribution is -2.43. The summed E-state index contributed by atoms with van der Waals surface area (Å²) in [6.07, 6.45) is 1.36. The quantitative estimate of drug-likeness (QED) is 0.432. The highest BCUT2D eigenvalue weighted by atomic mass is 35.5. The van der Waals surface area contributed by atoms with Gasteiger partial charge >= 0.3 is 6.43 Å². The zero-order valence-electron chi connectivity index (χ0n) is 18.9. The molecule has 0 unspecified atom stereocenters. The third-order valence-electron chi connectivity index (χ3n) is 5.92. The number of pyridine rings is 1. The zero-order chi connectivity index (χ0) is 24.2. The van der Waals surface area contributed by atoms with Crippen molar-refractivity contribution in [1.29, 1.82) is 0 Å². The van der Waals surface area contributed by atoms with Crippen LogP contribution in [0.5, 0.6) is 0 Å². The summed E-state index contributed by atoms with van der Waals surface area (Å²) in [4.78, 5) is 22.5. The van der Waals surface area contributed by atoms with Crippen molar-refractivity contribution in [2.45, 2.75) is 31.9 Å². The summed E-state index contributed by atoms with van der Waals surface area (Å²) in [5, 5.41) is 7.54. The van der Waals surface area contributed by atoms with Gasteiger partial charge < -0.3 is 19.1 Å². The number of likely N-dealkylation sites (tertiary alicyclic amines) is 1. The average molecular weight is 491 g/mol. The molecule has 1 fully saturated rings. The highest BCUT2D eigenvalue weighted by Crippen LogP contribution is 2.35. The molecule has 1 aliphatic rings. The van der Waals surface area contributed by atoms with Gasteiger partial charge in [0.15, 0.2) is 0 Å². The minimum atomic E-state index is -2.82. The van der Waals surface area contributed by atoms with Gasteiger partial charge in [-0.2, -0.15) is 8.78 Å². The molecule has 0 radical (unpaired) electrons. The van der Waals surface area contributed by atoms with Gasteiger partial charge in [-0.25, -0.2) is 0 Å². The van der Waals surface area contributed by atoms with Gasteiger partial charge in [-0.3, -0.25) is 9.78 Å². The van der Waals surface area contributed by atoms with E-state index in [4.69, 9.17) is 16.0 Å². The molecule has 180 valence electrons. The van der Waals surface area contributed by atoms with Crippen molar-refractivity contribution >= 4 is 29.4 Å². The molecule has 0 aliphatic carbocycles. The number of nitrogens with zero attached hydrogens (tertiary/aromatic N) is 6. The summed E-state index contributed by atoms with van der Waals surface area (Å²) in [6.45, 7) is 2.30. The standard InChI is InChI=1S/C23H25ClF2N6O2/c1-30-9-7-18(8-10-30)32(14-33)19-6-4-16(24)11-20(19)31(2)13-17-5-3-15(12-27-17)22-28-29-23(34-22)21(25)26/h3-6,11-12,14,18,21H,7-10,13H2,1-2H3. The number of rotatable bonds is 8. The van der Waals surface area contributed by atoms with Crippen LogP contribution in [0.4, 0.5) is 20.2 Å². The Labute approximate surface area is 201 Å². The molecule has 1 aliphatic heterocycles. The van der Waals surface area contributed by atoms with Crippen LogP contribution in [0, 0.1) is 0 Å². The Morgan fingerprint density at radius 3 is 2.59 bits per heavy atom. The highest BCUT2D eigenvalue weighted by Gasteiger charge is 2.26. The third kappa shape index (κ3) is 5.34. The van der Waals surface area contributed by atoms with Crippen molar-refractivity contribution in [2.75, 3.05) is 37.0 Å². The molecular formula is C23H25ClF2N6O2. The first-order valence-corrected chi connectivity index (χ1v) is 11.2. The van der Waals surface area contributed by atoms with E-state index in [2.05, 4.69) is 27.1 Å². The number of hydrogen-bond donors (Lipinski definition) is 0. The molecule has 1 saturated heterocycles. The van der Waals surface area contributed by atoms with Crippen LogP contribution in [-0.4, -0.2) is 59.7 Å². The van der Waals surface area contributed by atoms with Crippen LogP contribution in [-0.2, 0) is 11.3 Å². The van der Waals surface area contributed by atoms with Crippen molar-refractivity contribution in [3.05, 3.63) is 53.1 Å². The molecule has 3 aromatic rings. The van der Waals surface area contributed by atoms with E-state index in [1.165, 1.54) is 6.20 Å². The Morgan fingerprint density at radius 1 is 1.21 bits per heavy atom. The van der Waals surface area contributed by atoms with E-state index in [1.807, 2.05) is 24.1 Å². The fourth-order valence-electron chi connectivity index (χ4n) is 4.05. The molecule has 0 N–H and O–H groups in total. The summed E-state index contributed by atoms with van der Waals surface area (Å²) in [5.74, 6) is -0.740. The Morgan fingerprint density at radius 2 is 1.97 bits per heavy atom. The molecule has 8 nitrogen and oxygen atoms in total. The number of alkyl halides is 2. The summed E-state index contributed by atoms with van der Waals surface area (Å²) in [7, 11) is 3.98. The summed E-state index contributed by atoms with van der Waals surface area (Å²) < 4.78 is 30.4. The molecule has 1 aromatic carbocycles. The van der Waals surface area contributed by atoms with E-state index in [9.17, 15) is 13.6 Å². The highest BCUT2D eigenvalue weighted by molar-refractivity contribution is 6.31. The van der Waals surface area contributed by atoms with Crippen LogP contribution in [0.15, 0.2) is 40.9 Å². The first-order valence-electron chi connectivity index (χ1n) is 10.9. The maximum absolute atomic E-state index is 12.7. The molecule has 0 bridgehead atoms. The fourth-order valence-corrected chi connectivity index (χ4v) is 4.21. The zero-order valence-corrected chi connectivity index (χ0v) is 19.6. The van der Waals surface area contributed by atoms with Gasteiger partial charge in [0.1, 0.15) is 0 Å². The summed E-state index contributed by atoms with van der Waals surface area (Å²) >= 11 is 6.30. The van der Waals surface area contributed by atoms with Crippen LogP contribution < -0.4 is 9.80 Å². The second-order valence-corrected chi connectivity index (χ2v) is 8.76. The largest absolute Gasteiger partial charge is 0.415 e. The van der Waals surface area contributed by atoms with Crippen molar-refractivity contribution < 1.29 is 18.0 Å². The van der Waals surface area contributed by atoms with Gasteiger partial charge in [0.2, 0.25) is 12.3 Å². The van der Waals surface area contributed by atoms with Crippen LogP contribution >= 0.6 is 11.6 Å². The normalized spacial score (nSPS) is 15.0. The third-order valence-corrected chi connectivity index (χ3v) is 6.16. The topological polar surface area (TPSA) is 78.6 Å². The lowest BCUT2D eigenvalue weighted by atomic mass is 10.0. The molecule has 1 amide bonds. The Bertz CT molecular complexity index is 1120. The van der Waals surface area contributed by atoms with E-state index in [0.29, 0.717) is 17.1 Å². The number of aromatic nitrogens is 3. The minimum Gasteiger partial charge on any atom is -0.415 e. The number of piperidine rings is 1. The molecule has 0 spiro atoms. The minimum absolute atomic E-state index is 0.0143. The van der Waals surface area contributed by atoms with Crippen LogP contribution in [0.25, 0.3) is 11.5 Å². The second-order valence-electron chi connectivity index (χ2n) is 8.32. The number of anilines is 2. The maximum Gasteiger partial charge on any atom is 0.314 e. The van der Waals surface area contributed by atoms with E-state index in [-0.39, 0.29) is 11.9 Å². The number of carbonyl (C=O) groups is 1. The van der Waals surface area contributed by atoms with E-state index in [0.717, 1.165) is 49.4 Å². The van der Waals surface area contributed by atoms with Gasteiger partial charge in [0.25, 0.3) is 5.89 Å². The lowest BCUT2D eigenvalue weighted by molar-refractivity contribution is -0.108. The van der Waals surface area contributed by atoms with E-state index >= 15 is 0 Å². The van der Waals surface area contributed by atoms with Crippen LogP contribution in [0.3, 0.4) is 0 Å². The van der Waals surface area contributed by atoms with Crippen molar-refractivity contribution in [3.63, 3.8) is 0 Å². The number of hydrogen-bond acceptors (Lipinski definition) is 7. The number of benzene rings is 1. The van der Waals surface area contributed by atoms with Crippen molar-refractivity contribution in [3.8, 4) is 11.5 Å². The smallest absolute Gasteiger partial charge is 0.314 e. The summed E-state index contributed by atoms with van der Waals surface area (Å²) in [5.41, 5.74) is 2.77. The average Bonchev–Trinajstić information content (AvgIpc) is 3.33. The summed E-state index contributed by atoms with van der Waals surface area (Å²) in [6, 6.07) is 9.05. The van der Waals surface area contributed by atoms with Gasteiger partial charge in [-0.15, -0.1) is 10.2 Å². The molecule has 11 heteroatoms. The Hall–Kier alpha value is -3.11. The fraction of sp³-hybridized carbons (Fsp3) is 0.391. The predicted molar refractivity (Wildman–Crippen MR) is 125 cm³/mol. The molecular weight excluding hydrogens is 466 g/mol. The molecule has 4 rings (SSSR count). The molecule has 2 aromatic heterocycles. The van der Waals surface area contributed by atoms with Gasteiger partial charge in [0, 0.05) is 24.3 Å². The van der Waals surface area contributed by atoms with Gasteiger partial charge in [-0.1, -0.05) is 11.6 Å². The van der Waals surface area contributed by atoms with E-state index in [1.54, 1.807) is 23.1 Å². The monoisotopic (exact) mass is 490 g/mol. The van der Waals surface area contributed by atoms with E-state index < -0.39 is 12.3 Å². The second kappa shape index (κ2) is 10.4. The number of amides is 1. The van der Waals surface area contributed by atoms with Crippen LogP contribution in [0.1, 0.15) is 30.9 Å². The van der Waals surface area contributed by atoms with Gasteiger partial charge in [0.05, 0.1) is 29.2 Å². The molecule has 0 saturated carbocycles. The first-order chi connectivity index (χ1) is 16.4. The number of carbonyl (C=O) groups excluding carboxylic acids is 1. The Kier molecular flexibility index (Phi) is 7.38. The van der Waals surface area contributed by atoms with Crippen molar-refractivity contribution in [2.24, 2.45) is 0 Å². The lowest BCUT2D eigenvalue weighted by Gasteiger charge is -2.37. The van der Waals surface area contributed by atoms with Crippen molar-refractivity contribution in [1.82, 2.24) is 20.1 Å². The Balaban J connectivity index is 1.53. The molecule has 3 heterocycles. The predicted octanol–water partition coefficient (Wildman–Crippen LogP) is 4.42. The molecule has 0 atom stereocenters. The first kappa shape index (κ1) is 24.0. The number of halogens is 3. The SMILES string of the molecule is CN1CCC(N(C=O)c2ccc(Cl)cc2N(C)Cc2ccc(-c3nnc(C(F)F)o3)cn2)CC1. The van der Waals surface area contributed by atoms with Gasteiger partial charge in [-0.05, 0) is 63.3 Å². The van der Waals surface area contributed by atoms with Crippen LogP contribution in [0.2, 0.25) is 5.02 Å². The molecule has 34 heavy (non-hydrogen) atoms.